The quantitative estimate of drug-likeness (QED) is 0.835. The SMILES string of the molecule is Cn1nnc(Br)c1-c1ncccc1O. The lowest BCUT2D eigenvalue weighted by molar-refractivity contribution is 0.474. The van der Waals surface area contributed by atoms with Crippen molar-refractivity contribution in [3.63, 3.8) is 0 Å². The number of aromatic hydroxyl groups is 1. The summed E-state index contributed by atoms with van der Waals surface area (Å²) in [5, 5.41) is 17.2. The molecule has 1 N–H and O–H groups in total. The van der Waals surface area contributed by atoms with Gasteiger partial charge in [0.1, 0.15) is 17.1 Å². The summed E-state index contributed by atoms with van der Waals surface area (Å²) < 4.78 is 2.11. The maximum Gasteiger partial charge on any atom is 0.158 e. The zero-order valence-corrected chi connectivity index (χ0v) is 8.93. The smallest absolute Gasteiger partial charge is 0.158 e. The summed E-state index contributed by atoms with van der Waals surface area (Å²) in [5.74, 6) is 0.110. The molecule has 2 rings (SSSR count). The van der Waals surface area contributed by atoms with Gasteiger partial charge in [0.15, 0.2) is 4.60 Å². The average molecular weight is 255 g/mol. The molecule has 0 atom stereocenters. The summed E-state index contributed by atoms with van der Waals surface area (Å²) in [6.45, 7) is 0. The zero-order chi connectivity index (χ0) is 10.1. The molecule has 0 spiro atoms. The van der Waals surface area contributed by atoms with Crippen LogP contribution in [-0.4, -0.2) is 25.1 Å². The van der Waals surface area contributed by atoms with Crippen LogP contribution >= 0.6 is 15.9 Å². The third kappa shape index (κ3) is 1.37. The third-order valence-electron chi connectivity index (χ3n) is 1.80. The van der Waals surface area contributed by atoms with Crippen LogP contribution in [0.25, 0.3) is 11.4 Å². The largest absolute Gasteiger partial charge is 0.506 e. The molecule has 2 heterocycles. The number of aryl methyl sites for hydroxylation is 1. The Morgan fingerprint density at radius 3 is 2.86 bits per heavy atom. The molecule has 0 unspecified atom stereocenters. The molecule has 0 aliphatic rings. The molecular formula is C8H7BrN4O. The highest BCUT2D eigenvalue weighted by Crippen LogP contribution is 2.29. The molecule has 0 amide bonds. The van der Waals surface area contributed by atoms with E-state index in [4.69, 9.17) is 0 Å². The fourth-order valence-corrected chi connectivity index (χ4v) is 1.68. The Bertz CT molecular complexity index is 449. The first-order chi connectivity index (χ1) is 6.70. The van der Waals surface area contributed by atoms with Crippen LogP contribution in [0, 0.1) is 0 Å². The molecule has 2 aromatic heterocycles. The van der Waals surface area contributed by atoms with Crippen LogP contribution < -0.4 is 0 Å². The molecule has 6 heteroatoms. The Morgan fingerprint density at radius 2 is 2.29 bits per heavy atom. The summed E-state index contributed by atoms with van der Waals surface area (Å²) in [6.07, 6.45) is 1.61. The van der Waals surface area contributed by atoms with Gasteiger partial charge in [0, 0.05) is 13.2 Å². The van der Waals surface area contributed by atoms with Crippen molar-refractivity contribution in [2.75, 3.05) is 0 Å². The van der Waals surface area contributed by atoms with Crippen molar-refractivity contribution in [2.24, 2.45) is 7.05 Å². The average Bonchev–Trinajstić information content (AvgIpc) is 2.48. The highest BCUT2D eigenvalue weighted by atomic mass is 79.9. The van der Waals surface area contributed by atoms with E-state index >= 15 is 0 Å². The third-order valence-corrected chi connectivity index (χ3v) is 2.33. The number of aromatic nitrogens is 4. The standard InChI is InChI=1S/C8H7BrN4O/c1-13-7(8(9)11-12-13)6-5(14)3-2-4-10-6/h2-4,14H,1H3. The molecule has 0 aliphatic carbocycles. The number of halogens is 1. The second kappa shape index (κ2) is 3.38. The molecule has 0 saturated carbocycles. The summed E-state index contributed by atoms with van der Waals surface area (Å²) in [7, 11) is 1.74. The maximum absolute atomic E-state index is 9.58. The summed E-state index contributed by atoms with van der Waals surface area (Å²) >= 11 is 3.24. The van der Waals surface area contributed by atoms with E-state index in [0.717, 1.165) is 0 Å². The number of hydrogen-bond donors (Lipinski definition) is 1. The van der Waals surface area contributed by atoms with E-state index in [9.17, 15) is 5.11 Å². The second-order valence-electron chi connectivity index (χ2n) is 2.72. The molecule has 0 aliphatic heterocycles. The van der Waals surface area contributed by atoms with E-state index in [0.29, 0.717) is 16.0 Å². The summed E-state index contributed by atoms with van der Waals surface area (Å²) in [6, 6.07) is 3.23. The minimum atomic E-state index is 0.110. The van der Waals surface area contributed by atoms with E-state index in [2.05, 4.69) is 31.2 Å². The van der Waals surface area contributed by atoms with Gasteiger partial charge in [-0.2, -0.15) is 0 Å². The van der Waals surface area contributed by atoms with Crippen molar-refractivity contribution in [3.8, 4) is 17.1 Å². The Hall–Kier alpha value is -1.43. The minimum Gasteiger partial charge on any atom is -0.506 e. The van der Waals surface area contributed by atoms with Gasteiger partial charge < -0.3 is 5.11 Å². The molecule has 0 bridgehead atoms. The van der Waals surface area contributed by atoms with Gasteiger partial charge in [-0.15, -0.1) is 5.10 Å². The van der Waals surface area contributed by atoms with Gasteiger partial charge in [-0.1, -0.05) is 5.21 Å². The minimum absolute atomic E-state index is 0.110. The zero-order valence-electron chi connectivity index (χ0n) is 7.35. The number of nitrogens with zero attached hydrogens (tertiary/aromatic N) is 4. The van der Waals surface area contributed by atoms with Crippen molar-refractivity contribution in [1.29, 1.82) is 0 Å². The molecule has 0 saturated heterocycles. The van der Waals surface area contributed by atoms with Crippen LogP contribution in [0.2, 0.25) is 0 Å². The Morgan fingerprint density at radius 1 is 1.50 bits per heavy atom. The number of hydrogen-bond acceptors (Lipinski definition) is 4. The van der Waals surface area contributed by atoms with Crippen molar-refractivity contribution < 1.29 is 5.11 Å². The van der Waals surface area contributed by atoms with Crippen molar-refractivity contribution in [1.82, 2.24) is 20.0 Å². The number of rotatable bonds is 1. The highest BCUT2D eigenvalue weighted by Gasteiger charge is 2.14. The Labute approximate surface area is 88.5 Å². The fourth-order valence-electron chi connectivity index (χ4n) is 1.16. The van der Waals surface area contributed by atoms with Gasteiger partial charge in [0.2, 0.25) is 0 Å². The molecule has 14 heavy (non-hydrogen) atoms. The van der Waals surface area contributed by atoms with Crippen LogP contribution in [-0.2, 0) is 7.05 Å². The Balaban J connectivity index is 2.66. The lowest BCUT2D eigenvalue weighted by Gasteiger charge is -2.02. The molecule has 0 radical (unpaired) electrons. The fraction of sp³-hybridized carbons (Fsp3) is 0.125. The first kappa shape index (κ1) is 9.14. The van der Waals surface area contributed by atoms with Gasteiger partial charge in [0.05, 0.1) is 0 Å². The van der Waals surface area contributed by atoms with Gasteiger partial charge in [-0.25, -0.2) is 4.68 Å². The van der Waals surface area contributed by atoms with Gasteiger partial charge >= 0.3 is 0 Å². The van der Waals surface area contributed by atoms with Crippen LogP contribution in [0.1, 0.15) is 0 Å². The normalized spacial score (nSPS) is 10.4. The van der Waals surface area contributed by atoms with Crippen molar-refractivity contribution in [3.05, 3.63) is 22.9 Å². The Kier molecular flexibility index (Phi) is 2.20. The molecule has 5 nitrogen and oxygen atoms in total. The molecule has 72 valence electrons. The lowest BCUT2D eigenvalue weighted by Crippen LogP contribution is -1.95. The van der Waals surface area contributed by atoms with Crippen molar-refractivity contribution >= 4 is 15.9 Å². The second-order valence-corrected chi connectivity index (χ2v) is 3.47. The van der Waals surface area contributed by atoms with Gasteiger partial charge in [-0.05, 0) is 28.1 Å². The lowest BCUT2D eigenvalue weighted by atomic mass is 10.2. The number of pyridine rings is 1. The monoisotopic (exact) mass is 254 g/mol. The van der Waals surface area contributed by atoms with E-state index in [-0.39, 0.29) is 5.75 Å². The predicted octanol–water partition coefficient (Wildman–Crippen LogP) is 1.35. The summed E-state index contributed by atoms with van der Waals surface area (Å²) in [4.78, 5) is 4.06. The molecular weight excluding hydrogens is 248 g/mol. The van der Waals surface area contributed by atoms with E-state index in [1.807, 2.05) is 0 Å². The van der Waals surface area contributed by atoms with Gasteiger partial charge in [0.25, 0.3) is 0 Å². The van der Waals surface area contributed by atoms with Crippen molar-refractivity contribution in [2.45, 2.75) is 0 Å². The first-order valence-electron chi connectivity index (χ1n) is 3.89. The molecule has 2 aromatic rings. The van der Waals surface area contributed by atoms with Crippen LogP contribution in [0.5, 0.6) is 5.75 Å². The van der Waals surface area contributed by atoms with E-state index in [1.54, 1.807) is 30.1 Å². The maximum atomic E-state index is 9.58. The summed E-state index contributed by atoms with van der Waals surface area (Å²) in [5.41, 5.74) is 1.12. The van der Waals surface area contributed by atoms with E-state index < -0.39 is 0 Å². The van der Waals surface area contributed by atoms with Crippen LogP contribution in [0.3, 0.4) is 0 Å². The predicted molar refractivity (Wildman–Crippen MR) is 53.6 cm³/mol. The first-order valence-corrected chi connectivity index (χ1v) is 4.69. The van der Waals surface area contributed by atoms with Crippen LogP contribution in [0.15, 0.2) is 22.9 Å². The topological polar surface area (TPSA) is 63.8 Å². The molecule has 0 fully saturated rings. The van der Waals surface area contributed by atoms with Crippen LogP contribution in [0.4, 0.5) is 0 Å². The van der Waals surface area contributed by atoms with E-state index in [1.165, 1.54) is 0 Å². The highest BCUT2D eigenvalue weighted by molar-refractivity contribution is 9.10. The van der Waals surface area contributed by atoms with Gasteiger partial charge in [-0.3, -0.25) is 4.98 Å². The molecule has 0 aromatic carbocycles.